The second kappa shape index (κ2) is 8.24. The molecule has 1 aromatic rings. The third-order valence-corrected chi connectivity index (χ3v) is 3.36. The van der Waals surface area contributed by atoms with Crippen LogP contribution in [0.25, 0.3) is 0 Å². The molecule has 0 spiro atoms. The van der Waals surface area contributed by atoms with Crippen molar-refractivity contribution in [2.45, 2.75) is 25.8 Å². The summed E-state index contributed by atoms with van der Waals surface area (Å²) in [4.78, 5) is 11.7. The number of anilines is 1. The highest BCUT2D eigenvalue weighted by molar-refractivity contribution is 9.10. The van der Waals surface area contributed by atoms with Gasteiger partial charge in [-0.25, -0.2) is 0 Å². The van der Waals surface area contributed by atoms with Gasteiger partial charge in [-0.1, -0.05) is 19.1 Å². The number of halogens is 1. The fourth-order valence-corrected chi connectivity index (χ4v) is 1.98. The van der Waals surface area contributed by atoms with Crippen LogP contribution >= 0.6 is 15.9 Å². The first kappa shape index (κ1) is 15.1. The molecule has 0 aliphatic heterocycles. The molecule has 18 heavy (non-hydrogen) atoms. The van der Waals surface area contributed by atoms with Crippen LogP contribution in [-0.2, 0) is 4.79 Å². The van der Waals surface area contributed by atoms with Gasteiger partial charge in [-0.05, 0) is 40.9 Å². The normalized spacial score (nSPS) is 12.2. The van der Waals surface area contributed by atoms with Crippen molar-refractivity contribution in [3.63, 3.8) is 0 Å². The Balaban J connectivity index is 2.40. The van der Waals surface area contributed by atoms with E-state index >= 15 is 0 Å². The first-order valence-corrected chi connectivity index (χ1v) is 6.85. The highest BCUT2D eigenvalue weighted by Gasteiger charge is 2.08. The van der Waals surface area contributed by atoms with Gasteiger partial charge in [0.2, 0.25) is 5.91 Å². The second-order valence-electron chi connectivity index (χ2n) is 4.03. The third-order valence-electron chi connectivity index (χ3n) is 2.67. The molecule has 1 rings (SSSR count). The van der Waals surface area contributed by atoms with Gasteiger partial charge in [0.1, 0.15) is 0 Å². The monoisotopic (exact) mass is 314 g/mol. The van der Waals surface area contributed by atoms with Gasteiger partial charge < -0.3 is 15.7 Å². The number of hydrogen-bond acceptors (Lipinski definition) is 3. The van der Waals surface area contributed by atoms with Crippen LogP contribution in [0.15, 0.2) is 28.7 Å². The van der Waals surface area contributed by atoms with E-state index in [1.54, 1.807) is 0 Å². The van der Waals surface area contributed by atoms with Gasteiger partial charge in [-0.2, -0.15) is 0 Å². The molecule has 0 bridgehead atoms. The Morgan fingerprint density at radius 1 is 1.44 bits per heavy atom. The summed E-state index contributed by atoms with van der Waals surface area (Å²) in [5.74, 6) is -0.0849. The van der Waals surface area contributed by atoms with E-state index in [1.807, 2.05) is 31.2 Å². The molecule has 5 heteroatoms. The van der Waals surface area contributed by atoms with Crippen molar-refractivity contribution >= 4 is 27.5 Å². The molecule has 3 N–H and O–H groups in total. The maximum atomic E-state index is 11.7. The average Bonchev–Trinajstić information content (AvgIpc) is 2.37. The molecule has 1 unspecified atom stereocenters. The number of rotatable bonds is 7. The number of amides is 1. The van der Waals surface area contributed by atoms with Crippen LogP contribution in [-0.4, -0.2) is 30.2 Å². The summed E-state index contributed by atoms with van der Waals surface area (Å²) < 4.78 is 0.862. The van der Waals surface area contributed by atoms with E-state index in [-0.39, 0.29) is 25.1 Å². The minimum absolute atomic E-state index is 0.0849. The lowest BCUT2D eigenvalue weighted by atomic mass is 10.1. The van der Waals surface area contributed by atoms with E-state index in [4.69, 9.17) is 5.11 Å². The zero-order valence-electron chi connectivity index (χ0n) is 10.4. The summed E-state index contributed by atoms with van der Waals surface area (Å²) in [5.41, 5.74) is 0.763. The van der Waals surface area contributed by atoms with E-state index < -0.39 is 0 Å². The van der Waals surface area contributed by atoms with Crippen molar-refractivity contribution in [3.8, 4) is 0 Å². The molecule has 0 aliphatic carbocycles. The lowest BCUT2D eigenvalue weighted by molar-refractivity contribution is -0.115. The fourth-order valence-electron chi connectivity index (χ4n) is 1.60. The highest BCUT2D eigenvalue weighted by Crippen LogP contribution is 2.20. The molecule has 1 atom stereocenters. The molecule has 0 saturated heterocycles. The zero-order valence-corrected chi connectivity index (χ0v) is 12.0. The molecule has 1 amide bonds. The Morgan fingerprint density at radius 2 is 2.17 bits per heavy atom. The number of aliphatic hydroxyl groups is 1. The van der Waals surface area contributed by atoms with Crippen LogP contribution in [0.2, 0.25) is 0 Å². The Labute approximate surface area is 116 Å². The smallest absolute Gasteiger partial charge is 0.238 e. The topological polar surface area (TPSA) is 61.4 Å². The Hall–Kier alpha value is -0.910. The van der Waals surface area contributed by atoms with Crippen LogP contribution in [0, 0.1) is 0 Å². The minimum Gasteiger partial charge on any atom is -0.396 e. The van der Waals surface area contributed by atoms with Gasteiger partial charge in [0.05, 0.1) is 12.2 Å². The zero-order chi connectivity index (χ0) is 13.4. The van der Waals surface area contributed by atoms with Gasteiger partial charge in [-0.3, -0.25) is 4.79 Å². The van der Waals surface area contributed by atoms with Gasteiger partial charge in [0.15, 0.2) is 0 Å². The van der Waals surface area contributed by atoms with E-state index in [0.717, 1.165) is 16.6 Å². The number of carbonyl (C=O) groups excluding carboxylic acids is 1. The molecular weight excluding hydrogens is 296 g/mol. The number of nitrogens with one attached hydrogen (secondary N) is 2. The van der Waals surface area contributed by atoms with Gasteiger partial charge in [0, 0.05) is 17.1 Å². The molecule has 0 aliphatic rings. The maximum Gasteiger partial charge on any atom is 0.238 e. The number of para-hydroxylation sites is 1. The van der Waals surface area contributed by atoms with Gasteiger partial charge in [-0.15, -0.1) is 0 Å². The van der Waals surface area contributed by atoms with Crippen molar-refractivity contribution in [1.29, 1.82) is 0 Å². The van der Waals surface area contributed by atoms with Crippen molar-refractivity contribution in [1.82, 2.24) is 5.32 Å². The van der Waals surface area contributed by atoms with Crippen molar-refractivity contribution in [2.75, 3.05) is 18.5 Å². The first-order valence-electron chi connectivity index (χ1n) is 6.06. The molecule has 0 radical (unpaired) electrons. The summed E-state index contributed by atoms with van der Waals surface area (Å²) >= 11 is 3.38. The number of aliphatic hydroxyl groups excluding tert-OH is 1. The number of benzene rings is 1. The molecule has 0 fully saturated rings. The van der Waals surface area contributed by atoms with E-state index in [2.05, 4.69) is 26.6 Å². The highest BCUT2D eigenvalue weighted by atomic mass is 79.9. The van der Waals surface area contributed by atoms with Crippen LogP contribution in [0.1, 0.15) is 19.8 Å². The molecule has 4 nitrogen and oxygen atoms in total. The Bertz CT molecular complexity index is 385. The first-order chi connectivity index (χ1) is 8.67. The molecule has 0 heterocycles. The SMILES string of the molecule is CCC(CCO)NCC(=O)Nc1ccccc1Br. The van der Waals surface area contributed by atoms with Crippen LogP contribution in [0.3, 0.4) is 0 Å². The predicted octanol–water partition coefficient (Wildman–Crippen LogP) is 2.14. The van der Waals surface area contributed by atoms with E-state index in [1.165, 1.54) is 0 Å². The largest absolute Gasteiger partial charge is 0.396 e. The van der Waals surface area contributed by atoms with E-state index in [0.29, 0.717) is 6.42 Å². The maximum absolute atomic E-state index is 11.7. The molecule has 100 valence electrons. The third kappa shape index (κ3) is 5.16. The predicted molar refractivity (Wildman–Crippen MR) is 76.6 cm³/mol. The standard InChI is InChI=1S/C13H19BrN2O2/c1-2-10(7-8-17)15-9-13(18)16-12-6-4-3-5-11(12)14/h3-6,10,15,17H,2,7-9H2,1H3,(H,16,18). The van der Waals surface area contributed by atoms with Gasteiger partial charge >= 0.3 is 0 Å². The van der Waals surface area contributed by atoms with Crippen molar-refractivity contribution in [2.24, 2.45) is 0 Å². The lowest BCUT2D eigenvalue weighted by Crippen LogP contribution is -2.36. The Kier molecular flexibility index (Phi) is 6.93. The summed E-state index contributed by atoms with van der Waals surface area (Å²) in [6, 6.07) is 7.66. The summed E-state index contributed by atoms with van der Waals surface area (Å²) in [7, 11) is 0. The molecule has 0 saturated carbocycles. The quantitative estimate of drug-likeness (QED) is 0.722. The van der Waals surface area contributed by atoms with Crippen LogP contribution in [0.4, 0.5) is 5.69 Å². The van der Waals surface area contributed by atoms with Crippen molar-refractivity contribution in [3.05, 3.63) is 28.7 Å². The number of hydrogen-bond donors (Lipinski definition) is 3. The van der Waals surface area contributed by atoms with Crippen LogP contribution < -0.4 is 10.6 Å². The summed E-state index contributed by atoms with van der Waals surface area (Å²) in [5, 5.41) is 14.8. The van der Waals surface area contributed by atoms with Crippen LogP contribution in [0.5, 0.6) is 0 Å². The molecular formula is C13H19BrN2O2. The minimum atomic E-state index is -0.0849. The molecule has 0 aromatic heterocycles. The van der Waals surface area contributed by atoms with Gasteiger partial charge in [0.25, 0.3) is 0 Å². The average molecular weight is 315 g/mol. The Morgan fingerprint density at radius 3 is 2.78 bits per heavy atom. The summed E-state index contributed by atoms with van der Waals surface area (Å²) in [6.45, 7) is 2.41. The lowest BCUT2D eigenvalue weighted by Gasteiger charge is -2.15. The second-order valence-corrected chi connectivity index (χ2v) is 4.88. The van der Waals surface area contributed by atoms with E-state index in [9.17, 15) is 4.79 Å². The fraction of sp³-hybridized carbons (Fsp3) is 0.462. The molecule has 1 aromatic carbocycles. The number of carbonyl (C=O) groups is 1. The van der Waals surface area contributed by atoms with Crippen molar-refractivity contribution < 1.29 is 9.90 Å². The summed E-state index contributed by atoms with van der Waals surface area (Å²) in [6.07, 6.45) is 1.56.